The lowest BCUT2D eigenvalue weighted by Crippen LogP contribution is -2.49. The van der Waals surface area contributed by atoms with Crippen molar-refractivity contribution in [3.63, 3.8) is 0 Å². The van der Waals surface area contributed by atoms with Crippen molar-refractivity contribution in [2.75, 3.05) is 13.2 Å². The maximum absolute atomic E-state index is 9.61. The Morgan fingerprint density at radius 1 is 1.32 bits per heavy atom. The Balaban J connectivity index is 2.22. The van der Waals surface area contributed by atoms with Crippen molar-refractivity contribution in [1.82, 2.24) is 4.90 Å². The number of aromatic hydroxyl groups is 2. The standard InChI is InChI=1S/C15H23NO3/c1-4-13-9-19-10(2)8-16(13)11(3)12-5-14(17)7-15(18)6-12/h5-7,10-11,13,17-18H,4,8-9H2,1-3H3. The maximum atomic E-state index is 9.61. The number of hydrogen-bond acceptors (Lipinski definition) is 4. The molecule has 4 nitrogen and oxygen atoms in total. The van der Waals surface area contributed by atoms with Crippen molar-refractivity contribution in [3.05, 3.63) is 23.8 Å². The summed E-state index contributed by atoms with van der Waals surface area (Å²) in [5, 5.41) is 19.2. The molecule has 106 valence electrons. The van der Waals surface area contributed by atoms with Gasteiger partial charge in [0.05, 0.1) is 12.7 Å². The van der Waals surface area contributed by atoms with Crippen LogP contribution in [0.25, 0.3) is 0 Å². The largest absolute Gasteiger partial charge is 0.508 e. The molecule has 2 rings (SSSR count). The summed E-state index contributed by atoms with van der Waals surface area (Å²) in [5.74, 6) is 0.215. The Bertz CT molecular complexity index is 415. The number of phenolic OH excluding ortho intramolecular Hbond substituents is 2. The molecule has 0 amide bonds. The van der Waals surface area contributed by atoms with E-state index in [0.717, 1.165) is 25.1 Å². The van der Waals surface area contributed by atoms with Crippen LogP contribution in [0.3, 0.4) is 0 Å². The van der Waals surface area contributed by atoms with Gasteiger partial charge in [0.25, 0.3) is 0 Å². The number of morpholine rings is 1. The van der Waals surface area contributed by atoms with E-state index in [1.54, 1.807) is 12.1 Å². The molecule has 1 aromatic rings. The van der Waals surface area contributed by atoms with Crippen molar-refractivity contribution < 1.29 is 14.9 Å². The van der Waals surface area contributed by atoms with E-state index in [0.29, 0.717) is 6.04 Å². The van der Waals surface area contributed by atoms with E-state index < -0.39 is 0 Å². The highest BCUT2D eigenvalue weighted by Gasteiger charge is 2.30. The fourth-order valence-corrected chi connectivity index (χ4v) is 2.75. The van der Waals surface area contributed by atoms with E-state index in [-0.39, 0.29) is 23.6 Å². The van der Waals surface area contributed by atoms with Gasteiger partial charge in [-0.05, 0) is 38.0 Å². The SMILES string of the molecule is CCC1COC(C)CN1C(C)c1cc(O)cc(O)c1. The molecule has 1 heterocycles. The van der Waals surface area contributed by atoms with Gasteiger partial charge in [-0.2, -0.15) is 0 Å². The molecule has 1 fully saturated rings. The minimum absolute atomic E-state index is 0.108. The van der Waals surface area contributed by atoms with Crippen LogP contribution in [0.5, 0.6) is 11.5 Å². The number of benzene rings is 1. The summed E-state index contributed by atoms with van der Waals surface area (Å²) in [7, 11) is 0. The molecule has 4 heteroatoms. The third-order valence-corrected chi connectivity index (χ3v) is 3.89. The van der Waals surface area contributed by atoms with Crippen molar-refractivity contribution in [2.45, 2.75) is 45.4 Å². The fraction of sp³-hybridized carbons (Fsp3) is 0.600. The van der Waals surface area contributed by atoms with Gasteiger partial charge in [-0.25, -0.2) is 0 Å². The Kier molecular flexibility index (Phi) is 4.32. The van der Waals surface area contributed by atoms with Gasteiger partial charge >= 0.3 is 0 Å². The summed E-state index contributed by atoms with van der Waals surface area (Å²) in [6.45, 7) is 7.95. The van der Waals surface area contributed by atoms with E-state index in [9.17, 15) is 10.2 Å². The van der Waals surface area contributed by atoms with Crippen molar-refractivity contribution in [3.8, 4) is 11.5 Å². The van der Waals surface area contributed by atoms with E-state index in [1.165, 1.54) is 6.07 Å². The molecular formula is C15H23NO3. The predicted molar refractivity (Wildman–Crippen MR) is 74.4 cm³/mol. The van der Waals surface area contributed by atoms with E-state index in [4.69, 9.17) is 4.74 Å². The maximum Gasteiger partial charge on any atom is 0.119 e. The zero-order valence-electron chi connectivity index (χ0n) is 11.8. The van der Waals surface area contributed by atoms with Crippen molar-refractivity contribution in [2.24, 2.45) is 0 Å². The van der Waals surface area contributed by atoms with E-state index in [2.05, 4.69) is 25.7 Å². The Morgan fingerprint density at radius 3 is 2.53 bits per heavy atom. The molecule has 0 radical (unpaired) electrons. The Labute approximate surface area is 114 Å². The van der Waals surface area contributed by atoms with Crippen LogP contribution in [0.4, 0.5) is 0 Å². The van der Waals surface area contributed by atoms with Gasteiger partial charge in [-0.15, -0.1) is 0 Å². The first kappa shape index (κ1) is 14.2. The highest BCUT2D eigenvalue weighted by atomic mass is 16.5. The van der Waals surface area contributed by atoms with Gasteiger partial charge < -0.3 is 14.9 Å². The molecule has 19 heavy (non-hydrogen) atoms. The minimum Gasteiger partial charge on any atom is -0.508 e. The molecule has 1 aromatic carbocycles. The van der Waals surface area contributed by atoms with Crippen LogP contribution < -0.4 is 0 Å². The number of hydrogen-bond donors (Lipinski definition) is 2. The molecule has 1 aliphatic heterocycles. The lowest BCUT2D eigenvalue weighted by Gasteiger charge is -2.42. The molecular weight excluding hydrogens is 242 g/mol. The molecule has 1 saturated heterocycles. The Hall–Kier alpha value is -1.26. The normalized spacial score (nSPS) is 26.3. The lowest BCUT2D eigenvalue weighted by atomic mass is 10.0. The van der Waals surface area contributed by atoms with Crippen LogP contribution >= 0.6 is 0 Å². The van der Waals surface area contributed by atoms with Gasteiger partial charge in [0.2, 0.25) is 0 Å². The average molecular weight is 265 g/mol. The topological polar surface area (TPSA) is 52.9 Å². The molecule has 1 aliphatic rings. The van der Waals surface area contributed by atoms with Gasteiger partial charge in [-0.1, -0.05) is 6.92 Å². The molecule has 0 spiro atoms. The molecule has 0 aromatic heterocycles. The van der Waals surface area contributed by atoms with Gasteiger partial charge in [0.1, 0.15) is 11.5 Å². The van der Waals surface area contributed by atoms with Crippen LogP contribution in [0.15, 0.2) is 18.2 Å². The molecule has 0 saturated carbocycles. The first-order valence-corrected chi connectivity index (χ1v) is 6.91. The van der Waals surface area contributed by atoms with Gasteiger partial charge in [0, 0.05) is 24.7 Å². The summed E-state index contributed by atoms with van der Waals surface area (Å²) < 4.78 is 5.70. The summed E-state index contributed by atoms with van der Waals surface area (Å²) >= 11 is 0. The zero-order chi connectivity index (χ0) is 14.0. The van der Waals surface area contributed by atoms with Crippen LogP contribution in [-0.2, 0) is 4.74 Å². The summed E-state index contributed by atoms with van der Waals surface area (Å²) in [6, 6.07) is 5.33. The second-order valence-corrected chi connectivity index (χ2v) is 5.36. The van der Waals surface area contributed by atoms with E-state index >= 15 is 0 Å². The molecule has 0 bridgehead atoms. The first-order valence-electron chi connectivity index (χ1n) is 6.91. The van der Waals surface area contributed by atoms with Crippen LogP contribution in [-0.4, -0.2) is 40.4 Å². The quantitative estimate of drug-likeness (QED) is 0.882. The number of ether oxygens (including phenoxy) is 1. The van der Waals surface area contributed by atoms with Crippen molar-refractivity contribution in [1.29, 1.82) is 0 Å². The number of phenols is 2. The summed E-state index contributed by atoms with van der Waals surface area (Å²) in [6.07, 6.45) is 1.25. The van der Waals surface area contributed by atoms with E-state index in [1.807, 2.05) is 0 Å². The monoisotopic (exact) mass is 265 g/mol. The highest BCUT2D eigenvalue weighted by Crippen LogP contribution is 2.31. The third-order valence-electron chi connectivity index (χ3n) is 3.89. The first-order chi connectivity index (χ1) is 9.01. The molecule has 3 unspecified atom stereocenters. The molecule has 2 N–H and O–H groups in total. The fourth-order valence-electron chi connectivity index (χ4n) is 2.75. The van der Waals surface area contributed by atoms with Crippen molar-refractivity contribution >= 4 is 0 Å². The second-order valence-electron chi connectivity index (χ2n) is 5.36. The minimum atomic E-state index is 0.108. The average Bonchev–Trinajstić information content (AvgIpc) is 2.36. The summed E-state index contributed by atoms with van der Waals surface area (Å²) in [4.78, 5) is 2.39. The second kappa shape index (κ2) is 5.80. The third kappa shape index (κ3) is 3.19. The Morgan fingerprint density at radius 2 is 1.95 bits per heavy atom. The number of nitrogens with zero attached hydrogens (tertiary/aromatic N) is 1. The van der Waals surface area contributed by atoms with Gasteiger partial charge in [0.15, 0.2) is 0 Å². The lowest BCUT2D eigenvalue weighted by molar-refractivity contribution is -0.0706. The molecule has 3 atom stereocenters. The number of rotatable bonds is 3. The van der Waals surface area contributed by atoms with Gasteiger partial charge in [-0.3, -0.25) is 4.90 Å². The zero-order valence-corrected chi connectivity index (χ0v) is 11.8. The van der Waals surface area contributed by atoms with Crippen LogP contribution in [0.1, 0.15) is 38.8 Å². The summed E-state index contributed by atoms with van der Waals surface area (Å²) in [5.41, 5.74) is 0.935. The van der Waals surface area contributed by atoms with Crippen LogP contribution in [0.2, 0.25) is 0 Å². The highest BCUT2D eigenvalue weighted by molar-refractivity contribution is 5.38. The predicted octanol–water partition coefficient (Wildman–Crippen LogP) is 2.66. The van der Waals surface area contributed by atoms with Crippen LogP contribution in [0, 0.1) is 0 Å². The molecule has 0 aliphatic carbocycles. The smallest absolute Gasteiger partial charge is 0.119 e.